The van der Waals surface area contributed by atoms with E-state index in [2.05, 4.69) is 11.0 Å². The molecule has 0 spiro atoms. The Morgan fingerprint density at radius 2 is 2.60 bits per heavy atom. The van der Waals surface area contributed by atoms with Gasteiger partial charge in [0, 0.05) is 5.38 Å². The minimum atomic E-state index is -0.366. The number of hydrogen-bond donors (Lipinski definition) is 1. The maximum Gasteiger partial charge on any atom is 0.263 e. The summed E-state index contributed by atoms with van der Waals surface area (Å²) in [6.07, 6.45) is 1.53. The SMILES string of the molecule is C=CC(Cl)c1cs[nH]c1=O. The summed E-state index contributed by atoms with van der Waals surface area (Å²) in [5, 5.41) is 1.33. The van der Waals surface area contributed by atoms with Crippen LogP contribution in [0.2, 0.25) is 0 Å². The molecule has 1 rings (SSSR count). The predicted octanol–water partition coefficient (Wildman–Crippen LogP) is 1.90. The third-order valence-corrected chi connectivity index (χ3v) is 2.19. The Hall–Kier alpha value is -0.540. The Morgan fingerprint density at radius 3 is 3.00 bits per heavy atom. The van der Waals surface area contributed by atoms with Crippen LogP contribution >= 0.6 is 23.1 Å². The van der Waals surface area contributed by atoms with Crippen LogP contribution in [0, 0.1) is 0 Å². The first-order valence-electron chi connectivity index (χ1n) is 2.68. The first-order valence-corrected chi connectivity index (χ1v) is 4.00. The van der Waals surface area contributed by atoms with Crippen LogP contribution < -0.4 is 5.56 Å². The Balaban J connectivity index is 3.04. The van der Waals surface area contributed by atoms with Crippen LogP contribution in [0.15, 0.2) is 22.8 Å². The second kappa shape index (κ2) is 3.03. The molecule has 0 saturated heterocycles. The van der Waals surface area contributed by atoms with E-state index < -0.39 is 0 Å². The lowest BCUT2D eigenvalue weighted by Gasteiger charge is -1.93. The fourth-order valence-electron chi connectivity index (χ4n) is 0.576. The van der Waals surface area contributed by atoms with Gasteiger partial charge in [-0.1, -0.05) is 17.6 Å². The molecular weight excluding hydrogens is 170 g/mol. The van der Waals surface area contributed by atoms with Crippen molar-refractivity contribution in [2.75, 3.05) is 0 Å². The molecule has 0 saturated carbocycles. The summed E-state index contributed by atoms with van der Waals surface area (Å²) in [6.45, 7) is 3.48. The summed E-state index contributed by atoms with van der Waals surface area (Å²) in [7, 11) is 0. The van der Waals surface area contributed by atoms with Gasteiger partial charge in [-0.15, -0.1) is 18.2 Å². The second-order valence-corrected chi connectivity index (χ2v) is 2.91. The first kappa shape index (κ1) is 7.57. The molecule has 1 unspecified atom stereocenters. The lowest BCUT2D eigenvalue weighted by atomic mass is 10.2. The first-order chi connectivity index (χ1) is 4.75. The smallest absolute Gasteiger partial charge is 0.263 e. The molecule has 2 nitrogen and oxygen atoms in total. The average molecular weight is 176 g/mol. The van der Waals surface area contributed by atoms with Crippen LogP contribution in [0.25, 0.3) is 0 Å². The molecule has 0 bridgehead atoms. The Bertz CT molecular complexity index is 277. The highest BCUT2D eigenvalue weighted by Crippen LogP contribution is 2.17. The van der Waals surface area contributed by atoms with Gasteiger partial charge in [0.1, 0.15) is 0 Å². The second-order valence-electron chi connectivity index (χ2n) is 1.76. The molecule has 4 heteroatoms. The molecule has 1 aromatic rings. The van der Waals surface area contributed by atoms with Gasteiger partial charge < -0.3 is 0 Å². The topological polar surface area (TPSA) is 32.9 Å². The third-order valence-electron chi connectivity index (χ3n) is 1.10. The van der Waals surface area contributed by atoms with Crippen LogP contribution in [-0.2, 0) is 0 Å². The molecule has 0 fully saturated rings. The van der Waals surface area contributed by atoms with Crippen molar-refractivity contribution in [2.24, 2.45) is 0 Å². The summed E-state index contributed by atoms with van der Waals surface area (Å²) in [6, 6.07) is 0. The zero-order valence-electron chi connectivity index (χ0n) is 5.13. The fourth-order valence-corrected chi connectivity index (χ4v) is 1.48. The van der Waals surface area contributed by atoms with Crippen molar-refractivity contribution < 1.29 is 0 Å². The molecule has 54 valence electrons. The Kier molecular flexibility index (Phi) is 2.29. The van der Waals surface area contributed by atoms with Gasteiger partial charge in [0.25, 0.3) is 5.56 Å². The number of nitrogens with one attached hydrogen (secondary N) is 1. The molecule has 10 heavy (non-hydrogen) atoms. The molecule has 0 aliphatic heterocycles. The molecule has 0 aliphatic rings. The lowest BCUT2D eigenvalue weighted by Crippen LogP contribution is -2.05. The average Bonchev–Trinajstić information content (AvgIpc) is 2.34. The maximum absolute atomic E-state index is 10.8. The molecule has 1 heterocycles. The van der Waals surface area contributed by atoms with Gasteiger partial charge in [-0.25, -0.2) is 0 Å². The van der Waals surface area contributed by atoms with Crippen LogP contribution in [0.5, 0.6) is 0 Å². The van der Waals surface area contributed by atoms with Gasteiger partial charge in [-0.3, -0.25) is 9.17 Å². The van der Waals surface area contributed by atoms with Crippen LogP contribution in [0.4, 0.5) is 0 Å². The molecule has 1 atom stereocenters. The van der Waals surface area contributed by atoms with Crippen LogP contribution in [0.3, 0.4) is 0 Å². The van der Waals surface area contributed by atoms with Gasteiger partial charge in [0.05, 0.1) is 10.9 Å². The monoisotopic (exact) mass is 175 g/mol. The Morgan fingerprint density at radius 1 is 1.90 bits per heavy atom. The standard InChI is InChI=1S/C6H6ClNOS/c1-2-5(7)4-3-10-8-6(4)9/h2-3,5H,1H2,(H,8,9). The van der Waals surface area contributed by atoms with E-state index in [4.69, 9.17) is 11.6 Å². The van der Waals surface area contributed by atoms with Gasteiger partial charge in [-0.05, 0) is 0 Å². The predicted molar refractivity (Wildman–Crippen MR) is 43.7 cm³/mol. The molecule has 1 N–H and O–H groups in total. The van der Waals surface area contributed by atoms with Gasteiger partial charge in [0.2, 0.25) is 0 Å². The summed E-state index contributed by atoms with van der Waals surface area (Å²) in [4.78, 5) is 10.8. The quantitative estimate of drug-likeness (QED) is 0.541. The number of halogens is 1. The van der Waals surface area contributed by atoms with E-state index in [-0.39, 0.29) is 10.9 Å². The Labute approximate surface area is 67.3 Å². The van der Waals surface area contributed by atoms with E-state index in [9.17, 15) is 4.79 Å². The zero-order valence-corrected chi connectivity index (χ0v) is 6.71. The molecule has 0 aromatic carbocycles. The van der Waals surface area contributed by atoms with E-state index in [0.29, 0.717) is 5.56 Å². The van der Waals surface area contributed by atoms with E-state index in [1.165, 1.54) is 17.6 Å². The number of aromatic nitrogens is 1. The summed E-state index contributed by atoms with van der Waals surface area (Å²) < 4.78 is 2.54. The van der Waals surface area contributed by atoms with E-state index >= 15 is 0 Å². The maximum atomic E-state index is 10.8. The van der Waals surface area contributed by atoms with Gasteiger partial charge in [-0.2, -0.15) is 0 Å². The number of hydrogen-bond acceptors (Lipinski definition) is 2. The minimum absolute atomic E-state index is 0.120. The van der Waals surface area contributed by atoms with Crippen molar-refractivity contribution in [3.63, 3.8) is 0 Å². The highest BCUT2D eigenvalue weighted by atomic mass is 35.5. The number of rotatable bonds is 2. The molecule has 0 aliphatic carbocycles. The van der Waals surface area contributed by atoms with E-state index in [0.717, 1.165) is 0 Å². The van der Waals surface area contributed by atoms with E-state index in [1.807, 2.05) is 0 Å². The van der Waals surface area contributed by atoms with Crippen molar-refractivity contribution >= 4 is 23.1 Å². The molecule has 1 aromatic heterocycles. The largest absolute Gasteiger partial charge is 0.277 e. The van der Waals surface area contributed by atoms with Gasteiger partial charge >= 0.3 is 0 Å². The van der Waals surface area contributed by atoms with Gasteiger partial charge in [0.15, 0.2) is 0 Å². The van der Waals surface area contributed by atoms with Crippen LogP contribution in [0.1, 0.15) is 10.9 Å². The third kappa shape index (κ3) is 1.30. The summed E-state index contributed by atoms with van der Waals surface area (Å²) in [5.74, 6) is 0. The highest BCUT2D eigenvalue weighted by Gasteiger charge is 2.07. The van der Waals surface area contributed by atoms with Crippen molar-refractivity contribution in [1.29, 1.82) is 0 Å². The lowest BCUT2D eigenvalue weighted by molar-refractivity contribution is 1.18. The summed E-state index contributed by atoms with van der Waals surface area (Å²) in [5.41, 5.74) is 0.451. The van der Waals surface area contributed by atoms with Crippen molar-refractivity contribution in [3.05, 3.63) is 34.0 Å². The summed E-state index contributed by atoms with van der Waals surface area (Å²) >= 11 is 6.95. The number of alkyl halides is 1. The molecule has 0 radical (unpaired) electrons. The normalized spacial score (nSPS) is 12.9. The number of H-pyrrole nitrogens is 1. The van der Waals surface area contributed by atoms with E-state index in [1.54, 1.807) is 5.38 Å². The molecule has 0 amide bonds. The number of aromatic amines is 1. The molecular formula is C6H6ClNOS. The minimum Gasteiger partial charge on any atom is -0.277 e. The fraction of sp³-hybridized carbons (Fsp3) is 0.167. The zero-order chi connectivity index (χ0) is 7.56. The van der Waals surface area contributed by atoms with Crippen molar-refractivity contribution in [2.45, 2.75) is 5.38 Å². The highest BCUT2D eigenvalue weighted by molar-refractivity contribution is 7.03. The number of allylic oxidation sites excluding steroid dienone is 1. The van der Waals surface area contributed by atoms with Crippen molar-refractivity contribution in [1.82, 2.24) is 4.37 Å². The van der Waals surface area contributed by atoms with Crippen molar-refractivity contribution in [3.8, 4) is 0 Å². The van der Waals surface area contributed by atoms with Crippen LogP contribution in [-0.4, -0.2) is 4.37 Å².